The molecule has 2 N–H and O–H groups in total. The number of aromatic nitrogens is 1. The van der Waals surface area contributed by atoms with Crippen molar-refractivity contribution < 1.29 is 4.79 Å². The molecular weight excluding hydrogens is 238 g/mol. The smallest absolute Gasteiger partial charge is 0.250 e. The highest BCUT2D eigenvalue weighted by molar-refractivity contribution is 7.99. The highest BCUT2D eigenvalue weighted by Crippen LogP contribution is 2.09. The Kier molecular flexibility index (Phi) is 3.86. The third-order valence-electron chi connectivity index (χ3n) is 2.65. The fourth-order valence-corrected chi connectivity index (χ4v) is 2.57. The Bertz CT molecular complexity index is 466. The Labute approximate surface area is 104 Å². The molecule has 17 heavy (non-hydrogen) atoms. The lowest BCUT2D eigenvalue weighted by molar-refractivity contribution is -0.122. The number of carbonyl (C=O) groups excluding carboxylic acids is 1. The van der Waals surface area contributed by atoms with Crippen LogP contribution >= 0.6 is 11.8 Å². The zero-order chi connectivity index (χ0) is 12.3. The highest BCUT2D eigenvalue weighted by Gasteiger charge is 2.21. The highest BCUT2D eigenvalue weighted by atomic mass is 32.2. The quantitative estimate of drug-likeness (QED) is 0.774. The van der Waals surface area contributed by atoms with Crippen LogP contribution in [-0.4, -0.2) is 28.1 Å². The first-order chi connectivity index (χ1) is 8.16. The van der Waals surface area contributed by atoms with Gasteiger partial charge in [0.2, 0.25) is 11.5 Å². The summed E-state index contributed by atoms with van der Waals surface area (Å²) in [7, 11) is 1.70. The summed E-state index contributed by atoms with van der Waals surface area (Å²) in [5.74, 6) is 1.67. The molecule has 0 radical (unpaired) electrons. The summed E-state index contributed by atoms with van der Waals surface area (Å²) >= 11 is 1.72. The van der Waals surface area contributed by atoms with Crippen molar-refractivity contribution in [2.75, 3.05) is 11.6 Å². The van der Waals surface area contributed by atoms with Crippen LogP contribution in [0, 0.1) is 0 Å². The van der Waals surface area contributed by atoms with E-state index >= 15 is 0 Å². The van der Waals surface area contributed by atoms with Gasteiger partial charge in [-0.05, 0) is 5.56 Å². The average molecular weight is 253 g/mol. The molecule has 1 aliphatic rings. The van der Waals surface area contributed by atoms with Gasteiger partial charge in [0.05, 0.1) is 6.04 Å². The van der Waals surface area contributed by atoms with Gasteiger partial charge in [0.1, 0.15) is 0 Å². The van der Waals surface area contributed by atoms with E-state index < -0.39 is 0 Å². The third kappa shape index (κ3) is 3.10. The van der Waals surface area contributed by atoms with Gasteiger partial charge in [-0.2, -0.15) is 0 Å². The Morgan fingerprint density at radius 2 is 2.47 bits per heavy atom. The summed E-state index contributed by atoms with van der Waals surface area (Å²) in [6.07, 6.45) is 1.74. The van der Waals surface area contributed by atoms with Crippen LogP contribution in [0.2, 0.25) is 0 Å². The van der Waals surface area contributed by atoms with Crippen molar-refractivity contribution in [1.82, 2.24) is 15.2 Å². The largest absolute Gasteiger partial charge is 0.351 e. The summed E-state index contributed by atoms with van der Waals surface area (Å²) in [5, 5.41) is 5.97. The van der Waals surface area contributed by atoms with E-state index in [1.165, 1.54) is 10.6 Å². The van der Waals surface area contributed by atoms with Gasteiger partial charge in [0, 0.05) is 37.5 Å². The van der Waals surface area contributed by atoms with Gasteiger partial charge in [-0.15, -0.1) is 11.8 Å². The van der Waals surface area contributed by atoms with Gasteiger partial charge >= 0.3 is 0 Å². The topological polar surface area (TPSA) is 63.1 Å². The number of amides is 1. The molecule has 1 amide bonds. The van der Waals surface area contributed by atoms with Crippen molar-refractivity contribution in [2.24, 2.45) is 7.05 Å². The molecule has 92 valence electrons. The van der Waals surface area contributed by atoms with Crippen LogP contribution in [0.5, 0.6) is 0 Å². The molecule has 5 nitrogen and oxygen atoms in total. The number of pyridine rings is 1. The lowest BCUT2D eigenvalue weighted by Crippen LogP contribution is -2.41. The van der Waals surface area contributed by atoms with Crippen LogP contribution in [-0.2, 0) is 18.4 Å². The van der Waals surface area contributed by atoms with Crippen LogP contribution in [0.25, 0.3) is 0 Å². The fourth-order valence-electron chi connectivity index (χ4n) is 1.63. The van der Waals surface area contributed by atoms with E-state index in [-0.39, 0.29) is 17.5 Å². The number of rotatable bonds is 3. The normalized spacial score (nSPS) is 19.2. The van der Waals surface area contributed by atoms with E-state index in [0.29, 0.717) is 6.54 Å². The van der Waals surface area contributed by atoms with E-state index in [9.17, 15) is 9.59 Å². The zero-order valence-corrected chi connectivity index (χ0v) is 10.4. The van der Waals surface area contributed by atoms with Crippen LogP contribution in [0.3, 0.4) is 0 Å². The molecule has 1 aliphatic heterocycles. The molecular formula is C11H15N3O2S. The lowest BCUT2D eigenvalue weighted by atomic mass is 10.2. The number of thioether (sulfide) groups is 1. The molecule has 1 unspecified atom stereocenters. The first kappa shape index (κ1) is 12.2. The molecule has 2 rings (SSSR count). The Hall–Kier alpha value is -1.27. The SMILES string of the molecule is Cn1cc(CNC(=O)C2CSCN2)ccc1=O. The Morgan fingerprint density at radius 3 is 3.12 bits per heavy atom. The molecule has 6 heteroatoms. The van der Waals surface area contributed by atoms with Crippen LogP contribution < -0.4 is 16.2 Å². The van der Waals surface area contributed by atoms with E-state index in [4.69, 9.17) is 0 Å². The molecule has 1 saturated heterocycles. The predicted molar refractivity (Wildman–Crippen MR) is 67.8 cm³/mol. The summed E-state index contributed by atoms with van der Waals surface area (Å²) in [6, 6.07) is 3.15. The maximum Gasteiger partial charge on any atom is 0.250 e. The molecule has 0 aromatic carbocycles. The zero-order valence-electron chi connectivity index (χ0n) is 9.60. The lowest BCUT2D eigenvalue weighted by Gasteiger charge is -2.10. The van der Waals surface area contributed by atoms with E-state index in [0.717, 1.165) is 17.2 Å². The first-order valence-corrected chi connectivity index (χ1v) is 6.56. The van der Waals surface area contributed by atoms with Crippen molar-refractivity contribution in [2.45, 2.75) is 12.6 Å². The van der Waals surface area contributed by atoms with Gasteiger partial charge < -0.3 is 9.88 Å². The number of hydrogen-bond donors (Lipinski definition) is 2. The van der Waals surface area contributed by atoms with Gasteiger partial charge in [0.15, 0.2) is 0 Å². The van der Waals surface area contributed by atoms with E-state index in [2.05, 4.69) is 10.6 Å². The number of hydrogen-bond acceptors (Lipinski definition) is 4. The Morgan fingerprint density at radius 1 is 1.65 bits per heavy atom. The van der Waals surface area contributed by atoms with Gasteiger partial charge in [-0.25, -0.2) is 0 Å². The van der Waals surface area contributed by atoms with Crippen molar-refractivity contribution in [3.05, 3.63) is 34.2 Å². The summed E-state index contributed by atoms with van der Waals surface area (Å²) in [4.78, 5) is 22.9. The van der Waals surface area contributed by atoms with E-state index in [1.807, 2.05) is 0 Å². The van der Waals surface area contributed by atoms with Gasteiger partial charge in [-0.3, -0.25) is 14.9 Å². The van der Waals surface area contributed by atoms with Crippen molar-refractivity contribution in [3.63, 3.8) is 0 Å². The van der Waals surface area contributed by atoms with Crippen molar-refractivity contribution in [1.29, 1.82) is 0 Å². The van der Waals surface area contributed by atoms with Gasteiger partial charge in [0.25, 0.3) is 0 Å². The second-order valence-electron chi connectivity index (χ2n) is 3.98. The van der Waals surface area contributed by atoms with Crippen LogP contribution in [0.15, 0.2) is 23.1 Å². The third-order valence-corrected chi connectivity index (χ3v) is 3.59. The van der Waals surface area contributed by atoms with E-state index in [1.54, 1.807) is 31.1 Å². The molecule has 0 spiro atoms. The number of carbonyl (C=O) groups is 1. The molecule has 1 aromatic rings. The molecule has 0 bridgehead atoms. The minimum Gasteiger partial charge on any atom is -0.351 e. The number of nitrogens with one attached hydrogen (secondary N) is 2. The van der Waals surface area contributed by atoms with Crippen LogP contribution in [0.4, 0.5) is 0 Å². The number of nitrogens with zero attached hydrogens (tertiary/aromatic N) is 1. The summed E-state index contributed by atoms with van der Waals surface area (Å²) in [5.41, 5.74) is 0.875. The Balaban J connectivity index is 1.90. The maximum absolute atomic E-state index is 11.7. The molecule has 1 aromatic heterocycles. The predicted octanol–water partition coefficient (Wildman–Crippen LogP) is -0.336. The molecule has 2 heterocycles. The number of aryl methyl sites for hydroxylation is 1. The minimum atomic E-state index is -0.0902. The minimum absolute atomic E-state index is 0.0175. The average Bonchev–Trinajstić information content (AvgIpc) is 2.84. The standard InChI is InChI=1S/C11H15N3O2S/c1-14-5-8(2-3-10(14)15)4-12-11(16)9-6-17-7-13-9/h2-3,5,9,13H,4,6-7H2,1H3,(H,12,16). The molecule has 1 fully saturated rings. The molecule has 0 saturated carbocycles. The molecule has 1 atom stereocenters. The molecule has 0 aliphatic carbocycles. The summed E-state index contributed by atoms with van der Waals surface area (Å²) < 4.78 is 1.51. The summed E-state index contributed by atoms with van der Waals surface area (Å²) in [6.45, 7) is 0.454. The monoisotopic (exact) mass is 253 g/mol. The maximum atomic E-state index is 11.7. The van der Waals surface area contributed by atoms with Crippen LogP contribution in [0.1, 0.15) is 5.56 Å². The second-order valence-corrected chi connectivity index (χ2v) is 5.01. The second kappa shape index (κ2) is 5.37. The van der Waals surface area contributed by atoms with Gasteiger partial charge in [-0.1, -0.05) is 6.07 Å². The fraction of sp³-hybridized carbons (Fsp3) is 0.455. The van der Waals surface area contributed by atoms with Crippen molar-refractivity contribution >= 4 is 17.7 Å². The van der Waals surface area contributed by atoms with Crippen molar-refractivity contribution in [3.8, 4) is 0 Å². The first-order valence-electron chi connectivity index (χ1n) is 5.41.